The lowest BCUT2D eigenvalue weighted by atomic mass is 10.3. The number of likely N-dealkylation sites (N-methyl/N-ethyl adjacent to an activating group) is 1. The van der Waals surface area contributed by atoms with Crippen molar-refractivity contribution in [2.24, 2.45) is 10.7 Å². The molecule has 0 saturated heterocycles. The number of aryl methyl sites for hydroxylation is 1. The molecule has 1 aromatic heterocycles. The Balaban J connectivity index is 0. The first-order valence-electron chi connectivity index (χ1n) is 9.46. The molecule has 0 aliphatic heterocycles. The fourth-order valence-corrected chi connectivity index (χ4v) is 2.79. The zero-order valence-corrected chi connectivity index (χ0v) is 19.8. The smallest absolute Gasteiger partial charge is 0.171 e. The van der Waals surface area contributed by atoms with Crippen molar-refractivity contribution in [3.63, 3.8) is 0 Å². The quantitative estimate of drug-likeness (QED) is 0.273. The molecule has 0 bridgehead atoms. The molecule has 1 unspecified atom stereocenters. The van der Waals surface area contributed by atoms with E-state index in [0.717, 1.165) is 48.1 Å². The van der Waals surface area contributed by atoms with Crippen LogP contribution in [-0.2, 0) is 0 Å². The van der Waals surface area contributed by atoms with E-state index >= 15 is 0 Å². The van der Waals surface area contributed by atoms with Gasteiger partial charge in [-0.3, -0.25) is 10.3 Å². The molecule has 5 N–H and O–H groups in total. The van der Waals surface area contributed by atoms with Crippen molar-refractivity contribution in [3.05, 3.63) is 46.2 Å². The van der Waals surface area contributed by atoms with E-state index in [1.807, 2.05) is 26.8 Å². The lowest BCUT2D eigenvalue weighted by molar-refractivity contribution is 0.135. The number of aliphatic imine (C=N–C) groups is 1. The molecule has 7 heteroatoms. The Bertz CT molecular complexity index is 620. The van der Waals surface area contributed by atoms with Gasteiger partial charge in [-0.2, -0.15) is 0 Å². The number of H-pyrrole nitrogens is 1. The van der Waals surface area contributed by atoms with Crippen LogP contribution < -0.4 is 5.73 Å². The zero-order valence-electron chi connectivity index (χ0n) is 18.2. The van der Waals surface area contributed by atoms with Crippen molar-refractivity contribution < 1.29 is 5.11 Å². The van der Waals surface area contributed by atoms with E-state index in [1.165, 1.54) is 0 Å². The highest BCUT2D eigenvalue weighted by Gasteiger charge is 2.07. The van der Waals surface area contributed by atoms with Gasteiger partial charge in [-0.1, -0.05) is 38.2 Å². The predicted octanol–water partition coefficient (Wildman–Crippen LogP) is 4.64. The lowest BCUT2D eigenvalue weighted by Crippen LogP contribution is -2.32. The third-order valence-electron chi connectivity index (χ3n) is 3.28. The molecular weight excluding hydrogens is 418 g/mol. The number of allylic oxidation sites excluding steroid dienone is 2. The van der Waals surface area contributed by atoms with Gasteiger partial charge in [0.25, 0.3) is 0 Å². The van der Waals surface area contributed by atoms with Crippen molar-refractivity contribution in [1.29, 1.82) is 5.41 Å². The van der Waals surface area contributed by atoms with Gasteiger partial charge in [-0.05, 0) is 62.7 Å². The van der Waals surface area contributed by atoms with Crippen LogP contribution in [-0.4, -0.2) is 52.9 Å². The lowest BCUT2D eigenvalue weighted by Gasteiger charge is -2.21. The van der Waals surface area contributed by atoms with Crippen LogP contribution in [0.1, 0.15) is 52.4 Å². The van der Waals surface area contributed by atoms with Crippen molar-refractivity contribution >= 4 is 28.1 Å². The number of nitrogens with one attached hydrogen (secondary N) is 2. The average molecular weight is 456 g/mol. The third-order valence-corrected chi connectivity index (χ3v) is 3.90. The van der Waals surface area contributed by atoms with Crippen LogP contribution in [0.5, 0.6) is 0 Å². The maximum absolute atomic E-state index is 9.10. The van der Waals surface area contributed by atoms with Crippen LogP contribution in [0, 0.1) is 12.3 Å². The third kappa shape index (κ3) is 15.4. The molecule has 1 heterocycles. The number of aliphatic hydroxyl groups is 1. The maximum atomic E-state index is 9.10. The van der Waals surface area contributed by atoms with Gasteiger partial charge < -0.3 is 15.8 Å². The molecule has 160 valence electrons. The number of hydrogen-bond acceptors (Lipinski definition) is 3. The highest BCUT2D eigenvalue weighted by molar-refractivity contribution is 9.10. The monoisotopic (exact) mass is 455 g/mol. The second kappa shape index (κ2) is 17.4. The minimum absolute atomic E-state index is 0.123. The number of aromatic amines is 1. The highest BCUT2D eigenvalue weighted by Crippen LogP contribution is 2.17. The first kappa shape index (κ1) is 28.5. The Morgan fingerprint density at radius 3 is 2.39 bits per heavy atom. The Labute approximate surface area is 179 Å². The van der Waals surface area contributed by atoms with Gasteiger partial charge >= 0.3 is 0 Å². The SMILES string of the molecule is C/C=C\CC.C=C(C)CN(CC)CC(C)O.Cc1cc(Br)c(C(=N)N=CN)[nH]1. The van der Waals surface area contributed by atoms with E-state index in [9.17, 15) is 0 Å². The molecule has 0 fully saturated rings. The maximum Gasteiger partial charge on any atom is 0.171 e. The molecule has 1 atom stereocenters. The number of hydrogen-bond donors (Lipinski definition) is 4. The number of halogens is 1. The molecule has 0 radical (unpaired) electrons. The standard InChI is InChI=1S/C9H19NO.C7H9BrN4.C5H10/c1-5-10(6-8(2)3)7-9(4)11;1-4-2-5(8)6(12-4)7(10)11-3-9;1-3-5-4-2/h9,11H,2,5-7H2,1,3-4H3;2-3,12H,1H3,(H3,9,10,11);3,5H,4H2,1-2H3/b;;5-3-. The van der Waals surface area contributed by atoms with Crippen molar-refractivity contribution in [1.82, 2.24) is 9.88 Å². The summed E-state index contributed by atoms with van der Waals surface area (Å²) in [6, 6.07) is 1.88. The Hall–Kier alpha value is -1.70. The minimum atomic E-state index is -0.241. The van der Waals surface area contributed by atoms with Crippen LogP contribution in [0.15, 0.2) is 39.8 Å². The topological polar surface area (TPSA) is 101 Å². The van der Waals surface area contributed by atoms with Crippen molar-refractivity contribution in [2.45, 2.75) is 54.1 Å². The van der Waals surface area contributed by atoms with E-state index in [0.29, 0.717) is 5.69 Å². The molecule has 1 rings (SSSR count). The molecule has 0 saturated carbocycles. The summed E-state index contributed by atoms with van der Waals surface area (Å²) in [6.07, 6.45) is 6.20. The molecular formula is C21H38BrN5O. The molecule has 28 heavy (non-hydrogen) atoms. The van der Waals surface area contributed by atoms with Crippen LogP contribution in [0.2, 0.25) is 0 Å². The van der Waals surface area contributed by atoms with E-state index in [-0.39, 0.29) is 11.9 Å². The fraction of sp³-hybridized carbons (Fsp3) is 0.524. The van der Waals surface area contributed by atoms with Crippen LogP contribution in [0.25, 0.3) is 0 Å². The summed E-state index contributed by atoms with van der Waals surface area (Å²) in [6.45, 7) is 18.4. The predicted molar refractivity (Wildman–Crippen MR) is 126 cm³/mol. The summed E-state index contributed by atoms with van der Waals surface area (Å²) >= 11 is 3.30. The molecule has 0 spiro atoms. The first-order chi connectivity index (χ1) is 13.1. The summed E-state index contributed by atoms with van der Waals surface area (Å²) in [5, 5.41) is 16.5. The summed E-state index contributed by atoms with van der Waals surface area (Å²) in [5.74, 6) is 0.123. The van der Waals surface area contributed by atoms with Gasteiger partial charge in [0.2, 0.25) is 0 Å². The number of aromatic nitrogens is 1. The normalized spacial score (nSPS) is 11.8. The van der Waals surface area contributed by atoms with Crippen LogP contribution >= 0.6 is 15.9 Å². The number of nitrogens with two attached hydrogens (primary N) is 1. The Morgan fingerprint density at radius 2 is 2.11 bits per heavy atom. The summed E-state index contributed by atoms with van der Waals surface area (Å²) in [7, 11) is 0. The van der Waals surface area contributed by atoms with Gasteiger partial charge in [0.1, 0.15) is 0 Å². The molecule has 0 aromatic carbocycles. The van der Waals surface area contributed by atoms with E-state index in [1.54, 1.807) is 6.92 Å². The Morgan fingerprint density at radius 1 is 1.50 bits per heavy atom. The number of nitrogens with zero attached hydrogens (tertiary/aromatic N) is 2. The van der Waals surface area contributed by atoms with Gasteiger partial charge in [-0.15, -0.1) is 0 Å². The average Bonchev–Trinajstić information content (AvgIpc) is 2.94. The Kier molecular flexibility index (Phi) is 17.7. The zero-order chi connectivity index (χ0) is 22.1. The van der Waals surface area contributed by atoms with E-state index < -0.39 is 0 Å². The number of aliphatic hydroxyl groups excluding tert-OH is 1. The summed E-state index contributed by atoms with van der Waals surface area (Å²) < 4.78 is 0.829. The van der Waals surface area contributed by atoms with Gasteiger partial charge in [0.15, 0.2) is 5.84 Å². The van der Waals surface area contributed by atoms with E-state index in [4.69, 9.17) is 16.2 Å². The molecule has 0 amide bonds. The van der Waals surface area contributed by atoms with Crippen LogP contribution in [0.3, 0.4) is 0 Å². The van der Waals surface area contributed by atoms with Crippen molar-refractivity contribution in [3.8, 4) is 0 Å². The van der Waals surface area contributed by atoms with Gasteiger partial charge in [0.05, 0.1) is 18.1 Å². The second-order valence-electron chi connectivity index (χ2n) is 6.41. The molecule has 0 aliphatic rings. The number of amidine groups is 1. The molecule has 1 aromatic rings. The molecule has 0 aliphatic carbocycles. The van der Waals surface area contributed by atoms with Gasteiger partial charge in [-0.25, -0.2) is 4.99 Å². The highest BCUT2D eigenvalue weighted by atomic mass is 79.9. The van der Waals surface area contributed by atoms with E-state index in [2.05, 4.69) is 63.4 Å². The second-order valence-corrected chi connectivity index (χ2v) is 7.27. The van der Waals surface area contributed by atoms with Crippen molar-refractivity contribution in [2.75, 3.05) is 19.6 Å². The fourth-order valence-electron chi connectivity index (χ4n) is 2.16. The summed E-state index contributed by atoms with van der Waals surface area (Å²) in [5.41, 5.74) is 7.84. The van der Waals surface area contributed by atoms with Crippen LogP contribution in [0.4, 0.5) is 0 Å². The first-order valence-corrected chi connectivity index (χ1v) is 10.3. The number of rotatable bonds is 7. The minimum Gasteiger partial charge on any atom is -0.392 e. The van der Waals surface area contributed by atoms with Gasteiger partial charge in [0, 0.05) is 23.3 Å². The largest absolute Gasteiger partial charge is 0.392 e. The molecule has 6 nitrogen and oxygen atoms in total. The summed E-state index contributed by atoms with van der Waals surface area (Å²) in [4.78, 5) is 8.81.